The molecule has 2 aliphatic rings. The third-order valence-corrected chi connectivity index (χ3v) is 9.23. The molecule has 2 unspecified atom stereocenters. The van der Waals surface area contributed by atoms with E-state index in [1.54, 1.807) is 26.4 Å². The average Bonchev–Trinajstić information content (AvgIpc) is 3.80. The minimum Gasteiger partial charge on any atom is -0.497 e. The van der Waals surface area contributed by atoms with Crippen molar-refractivity contribution in [3.63, 3.8) is 0 Å². The standard InChI is InChI=1S/2C18H14ClNO2/c1-22-11-3-5-17-14(7-11)16(9-20-17)13-8-18(21)15-6-10(19)2-4-12(13)15;1-22-17-4-2-3-12-15(9-20-18(12)17)13-8-16(21)14-7-10(19)5-6-11(13)14/h2*2-7,9,13,20H,8H2,1H3. The SMILES string of the molecule is COc1ccc2[nH]cc(C3CC(=O)c4cc(Cl)ccc43)c2c1.COc1cccc2c(C3CC(=O)c4cc(Cl)ccc43)c[nH]c12. The van der Waals surface area contributed by atoms with Gasteiger partial charge in [0.2, 0.25) is 0 Å². The van der Waals surface area contributed by atoms with Gasteiger partial charge in [-0.25, -0.2) is 0 Å². The lowest BCUT2D eigenvalue weighted by Gasteiger charge is -2.10. The third kappa shape index (κ3) is 4.75. The maximum absolute atomic E-state index is 12.3. The van der Waals surface area contributed by atoms with Gasteiger partial charge in [0.1, 0.15) is 11.5 Å². The zero-order valence-electron chi connectivity index (χ0n) is 24.0. The highest BCUT2D eigenvalue weighted by molar-refractivity contribution is 6.31. The van der Waals surface area contributed by atoms with Crippen LogP contribution in [0.3, 0.4) is 0 Å². The number of Topliss-reactive ketones (excluding diaryl/α,β-unsaturated/α-hetero) is 2. The van der Waals surface area contributed by atoms with Gasteiger partial charge in [-0.3, -0.25) is 9.59 Å². The Morgan fingerprint density at radius 3 is 1.89 bits per heavy atom. The number of aromatic nitrogens is 2. The molecule has 0 saturated carbocycles. The molecule has 0 aliphatic heterocycles. The zero-order chi connectivity index (χ0) is 30.5. The number of carbonyl (C=O) groups is 2. The number of ether oxygens (including phenoxy) is 2. The van der Waals surface area contributed by atoms with E-state index in [4.69, 9.17) is 32.7 Å². The van der Waals surface area contributed by atoms with E-state index in [9.17, 15) is 9.59 Å². The molecule has 6 nitrogen and oxygen atoms in total. The number of nitrogens with one attached hydrogen (secondary N) is 2. The van der Waals surface area contributed by atoms with Gasteiger partial charge in [0.05, 0.1) is 19.7 Å². The summed E-state index contributed by atoms with van der Waals surface area (Å²) in [6, 6.07) is 23.1. The molecule has 8 rings (SSSR count). The summed E-state index contributed by atoms with van der Waals surface area (Å²) in [5.74, 6) is 2.07. The molecule has 0 bridgehead atoms. The maximum Gasteiger partial charge on any atom is 0.164 e. The summed E-state index contributed by atoms with van der Waals surface area (Å²) < 4.78 is 10.7. The van der Waals surface area contributed by atoms with Crippen LogP contribution in [0.2, 0.25) is 10.0 Å². The lowest BCUT2D eigenvalue weighted by molar-refractivity contribution is 0.0983. The fourth-order valence-electron chi connectivity index (χ4n) is 6.66. The number of para-hydroxylation sites is 1. The fraction of sp³-hybridized carbons (Fsp3) is 0.167. The summed E-state index contributed by atoms with van der Waals surface area (Å²) in [4.78, 5) is 31.1. The molecule has 4 aromatic carbocycles. The number of H-pyrrole nitrogens is 2. The second-order valence-electron chi connectivity index (χ2n) is 11.1. The average molecular weight is 624 g/mol. The first kappa shape index (κ1) is 28.3. The van der Waals surface area contributed by atoms with Crippen LogP contribution in [0.25, 0.3) is 21.8 Å². The lowest BCUT2D eigenvalue weighted by Crippen LogP contribution is -1.95. The molecule has 2 heterocycles. The fourth-order valence-corrected chi connectivity index (χ4v) is 7.00. The number of benzene rings is 4. The van der Waals surface area contributed by atoms with E-state index in [1.165, 1.54) is 0 Å². The first-order valence-corrected chi connectivity index (χ1v) is 15.1. The maximum atomic E-state index is 12.3. The Morgan fingerprint density at radius 2 is 1.27 bits per heavy atom. The Kier molecular flexibility index (Phi) is 7.19. The van der Waals surface area contributed by atoms with Crippen molar-refractivity contribution in [2.75, 3.05) is 14.2 Å². The zero-order valence-corrected chi connectivity index (χ0v) is 25.6. The van der Waals surface area contributed by atoms with Gasteiger partial charge in [-0.2, -0.15) is 0 Å². The van der Waals surface area contributed by atoms with E-state index < -0.39 is 0 Å². The molecule has 44 heavy (non-hydrogen) atoms. The Balaban J connectivity index is 0.000000142. The monoisotopic (exact) mass is 622 g/mol. The van der Waals surface area contributed by atoms with E-state index in [0.717, 1.165) is 66.7 Å². The van der Waals surface area contributed by atoms with E-state index in [2.05, 4.69) is 16.0 Å². The molecule has 2 N–H and O–H groups in total. The van der Waals surface area contributed by atoms with Gasteiger partial charge >= 0.3 is 0 Å². The molecule has 220 valence electrons. The molecule has 0 radical (unpaired) electrons. The van der Waals surface area contributed by atoms with Crippen LogP contribution in [-0.4, -0.2) is 35.8 Å². The summed E-state index contributed by atoms with van der Waals surface area (Å²) in [7, 11) is 3.32. The molecule has 2 aliphatic carbocycles. The molecule has 0 spiro atoms. The van der Waals surface area contributed by atoms with Crippen LogP contribution in [0.4, 0.5) is 0 Å². The van der Waals surface area contributed by atoms with Crippen molar-refractivity contribution in [1.82, 2.24) is 9.97 Å². The topological polar surface area (TPSA) is 84.2 Å². The van der Waals surface area contributed by atoms with Crippen molar-refractivity contribution in [3.8, 4) is 11.5 Å². The Labute approximate surface area is 263 Å². The molecule has 0 saturated heterocycles. The highest BCUT2D eigenvalue weighted by atomic mass is 35.5. The van der Waals surface area contributed by atoms with Crippen LogP contribution < -0.4 is 9.47 Å². The van der Waals surface area contributed by atoms with Gasteiger partial charge < -0.3 is 19.4 Å². The van der Waals surface area contributed by atoms with Crippen molar-refractivity contribution in [2.45, 2.75) is 24.7 Å². The van der Waals surface area contributed by atoms with Crippen LogP contribution >= 0.6 is 23.2 Å². The number of ketones is 2. The molecule has 0 fully saturated rings. The number of hydrogen-bond acceptors (Lipinski definition) is 4. The predicted molar refractivity (Wildman–Crippen MR) is 174 cm³/mol. The van der Waals surface area contributed by atoms with Crippen molar-refractivity contribution in [1.29, 1.82) is 0 Å². The number of halogens is 2. The molecule has 2 atom stereocenters. The van der Waals surface area contributed by atoms with Crippen LogP contribution in [-0.2, 0) is 0 Å². The van der Waals surface area contributed by atoms with Crippen LogP contribution in [0.1, 0.15) is 67.6 Å². The Morgan fingerprint density at radius 1 is 0.659 bits per heavy atom. The Hall–Kier alpha value is -4.52. The minimum absolute atomic E-state index is 0.0700. The van der Waals surface area contributed by atoms with Crippen LogP contribution in [0.5, 0.6) is 11.5 Å². The first-order chi connectivity index (χ1) is 21.4. The van der Waals surface area contributed by atoms with Gasteiger partial charge in [0.15, 0.2) is 11.6 Å². The molecule has 6 aromatic rings. The third-order valence-electron chi connectivity index (χ3n) is 8.76. The normalized spacial score (nSPS) is 17.0. The molecular weight excluding hydrogens is 595 g/mol. The summed E-state index contributed by atoms with van der Waals surface area (Å²) in [6.45, 7) is 0. The summed E-state index contributed by atoms with van der Waals surface area (Å²) in [5, 5.41) is 3.40. The first-order valence-electron chi connectivity index (χ1n) is 14.3. The summed E-state index contributed by atoms with van der Waals surface area (Å²) >= 11 is 12.0. The smallest absolute Gasteiger partial charge is 0.164 e. The minimum atomic E-state index is 0.0700. The highest BCUT2D eigenvalue weighted by Gasteiger charge is 2.33. The van der Waals surface area contributed by atoms with Crippen molar-refractivity contribution in [3.05, 3.63) is 129 Å². The number of methoxy groups -OCH3 is 2. The quantitative estimate of drug-likeness (QED) is 0.205. The van der Waals surface area contributed by atoms with Crippen molar-refractivity contribution in [2.24, 2.45) is 0 Å². The number of rotatable bonds is 4. The molecule has 2 aromatic heterocycles. The Bertz CT molecular complexity index is 2020. The van der Waals surface area contributed by atoms with E-state index in [0.29, 0.717) is 22.9 Å². The number of aromatic amines is 2. The number of fused-ring (bicyclic) bond motifs is 4. The molecular formula is C36H28Cl2N2O4. The van der Waals surface area contributed by atoms with Gasteiger partial charge in [0.25, 0.3) is 0 Å². The van der Waals surface area contributed by atoms with E-state index in [-0.39, 0.29) is 23.4 Å². The molecule has 8 heteroatoms. The van der Waals surface area contributed by atoms with Gasteiger partial charge in [-0.05, 0) is 70.8 Å². The summed E-state index contributed by atoms with van der Waals surface area (Å²) in [5.41, 5.74) is 7.87. The van der Waals surface area contributed by atoms with Gasteiger partial charge in [-0.15, -0.1) is 0 Å². The van der Waals surface area contributed by atoms with Crippen LogP contribution in [0.15, 0.2) is 85.2 Å². The second kappa shape index (κ2) is 11.2. The predicted octanol–water partition coefficient (Wildman–Crippen LogP) is 9.10. The second-order valence-corrected chi connectivity index (χ2v) is 12.0. The van der Waals surface area contributed by atoms with Crippen LogP contribution in [0, 0.1) is 0 Å². The number of hydrogen-bond donors (Lipinski definition) is 2. The largest absolute Gasteiger partial charge is 0.497 e. The summed E-state index contributed by atoms with van der Waals surface area (Å²) in [6.07, 6.45) is 4.94. The van der Waals surface area contributed by atoms with Gasteiger partial charge in [-0.1, -0.05) is 47.5 Å². The van der Waals surface area contributed by atoms with Crippen molar-refractivity contribution >= 4 is 56.6 Å². The van der Waals surface area contributed by atoms with E-state index in [1.807, 2.05) is 67.0 Å². The van der Waals surface area contributed by atoms with Crippen molar-refractivity contribution < 1.29 is 19.1 Å². The van der Waals surface area contributed by atoms with E-state index >= 15 is 0 Å². The van der Waals surface area contributed by atoms with Gasteiger partial charge in [0, 0.05) is 74.5 Å². The number of carbonyl (C=O) groups excluding carboxylic acids is 2. The lowest BCUT2D eigenvalue weighted by atomic mass is 9.92. The highest BCUT2D eigenvalue weighted by Crippen LogP contribution is 2.44. The molecule has 0 amide bonds.